The van der Waals surface area contributed by atoms with Gasteiger partial charge in [-0.05, 0) is 43.7 Å². The number of thioether (sulfide) groups is 1. The molecule has 0 spiro atoms. The van der Waals surface area contributed by atoms with Gasteiger partial charge >= 0.3 is 0 Å². The Labute approximate surface area is 201 Å². The van der Waals surface area contributed by atoms with Crippen LogP contribution in [0.3, 0.4) is 0 Å². The molecule has 1 aliphatic heterocycles. The molecule has 2 unspecified atom stereocenters. The molecule has 2 atom stereocenters. The summed E-state index contributed by atoms with van der Waals surface area (Å²) < 4.78 is 5.87. The number of amides is 1. The number of nitrogens with one attached hydrogen (secondary N) is 1. The second-order valence-electron chi connectivity index (χ2n) is 7.80. The zero-order chi connectivity index (χ0) is 22.7. The molecule has 1 N–H and O–H groups in total. The smallest absolute Gasteiger partial charge is 0.230 e. The van der Waals surface area contributed by atoms with Crippen LogP contribution in [0.4, 0.5) is 5.82 Å². The molecule has 0 saturated carbocycles. The predicted octanol–water partition coefficient (Wildman–Crippen LogP) is 4.96. The van der Waals surface area contributed by atoms with E-state index < -0.39 is 0 Å². The minimum Gasteiger partial charge on any atom is -0.372 e. The van der Waals surface area contributed by atoms with E-state index in [1.165, 1.54) is 11.8 Å². The van der Waals surface area contributed by atoms with Crippen molar-refractivity contribution in [2.24, 2.45) is 0 Å². The summed E-state index contributed by atoms with van der Waals surface area (Å²) in [4.78, 5) is 24.4. The van der Waals surface area contributed by atoms with Crippen molar-refractivity contribution in [1.29, 1.82) is 0 Å². The van der Waals surface area contributed by atoms with Gasteiger partial charge in [0.1, 0.15) is 5.03 Å². The Morgan fingerprint density at radius 2 is 1.81 bits per heavy atom. The number of nitrogens with zero attached hydrogens (tertiary/aromatic N) is 3. The first-order valence-corrected chi connectivity index (χ1v) is 12.1. The minimum absolute atomic E-state index is 0.0947. The van der Waals surface area contributed by atoms with Gasteiger partial charge in [0.2, 0.25) is 5.91 Å². The lowest BCUT2D eigenvalue weighted by atomic mass is 10.2. The largest absolute Gasteiger partial charge is 0.372 e. The van der Waals surface area contributed by atoms with Gasteiger partial charge in [0.25, 0.3) is 0 Å². The topological polar surface area (TPSA) is 67.4 Å². The van der Waals surface area contributed by atoms with Crippen LogP contribution in [0.2, 0.25) is 10.0 Å². The Morgan fingerprint density at radius 1 is 1.12 bits per heavy atom. The molecule has 4 rings (SSSR count). The molecule has 0 aliphatic carbocycles. The average Bonchev–Trinajstić information content (AvgIpc) is 2.75. The minimum atomic E-state index is -0.106. The zero-order valence-corrected chi connectivity index (χ0v) is 20.2. The molecule has 9 heteroatoms. The molecule has 2 heterocycles. The van der Waals surface area contributed by atoms with Gasteiger partial charge in [-0.15, -0.1) is 0 Å². The number of fused-ring (bicyclic) bond motifs is 1. The molecule has 1 saturated heterocycles. The lowest BCUT2D eigenvalue weighted by Crippen LogP contribution is -2.46. The summed E-state index contributed by atoms with van der Waals surface area (Å²) in [5.41, 5.74) is 2.46. The molecule has 6 nitrogen and oxygen atoms in total. The number of benzene rings is 2. The molecule has 0 bridgehead atoms. The van der Waals surface area contributed by atoms with Crippen molar-refractivity contribution < 1.29 is 9.53 Å². The van der Waals surface area contributed by atoms with Crippen molar-refractivity contribution in [2.45, 2.75) is 37.6 Å². The number of aromatic nitrogens is 2. The molecule has 168 valence electrons. The van der Waals surface area contributed by atoms with Crippen LogP contribution in [-0.4, -0.2) is 46.9 Å². The number of carbonyl (C=O) groups excluding carboxylic acids is 1. The van der Waals surface area contributed by atoms with Crippen molar-refractivity contribution in [3.63, 3.8) is 0 Å². The van der Waals surface area contributed by atoms with E-state index in [9.17, 15) is 4.79 Å². The number of hydrogen-bond donors (Lipinski definition) is 1. The predicted molar refractivity (Wildman–Crippen MR) is 131 cm³/mol. The van der Waals surface area contributed by atoms with E-state index in [4.69, 9.17) is 37.9 Å². The molecule has 2 aromatic carbocycles. The third-order valence-electron chi connectivity index (χ3n) is 5.07. The number of anilines is 1. The number of para-hydroxylation sites is 2. The summed E-state index contributed by atoms with van der Waals surface area (Å²) >= 11 is 13.5. The van der Waals surface area contributed by atoms with Gasteiger partial charge in [0, 0.05) is 29.7 Å². The number of carbonyl (C=O) groups is 1. The van der Waals surface area contributed by atoms with Gasteiger partial charge in [-0.3, -0.25) is 4.79 Å². The fourth-order valence-corrected chi connectivity index (χ4v) is 4.98. The van der Waals surface area contributed by atoms with Gasteiger partial charge < -0.3 is 15.0 Å². The standard InChI is InChI=1S/C23H24Cl2N4O2S/c1-14-11-29(12-15(2)31-14)22-23(28-20-6-4-3-5-19(20)27-22)32-13-21(30)26-10-16-7-8-17(24)9-18(16)25/h3-9,14-15H,10-13H2,1-2H3,(H,26,30). The van der Waals surface area contributed by atoms with Crippen molar-refractivity contribution in [3.8, 4) is 0 Å². The fourth-order valence-electron chi connectivity index (χ4n) is 3.67. The van der Waals surface area contributed by atoms with E-state index >= 15 is 0 Å². The summed E-state index contributed by atoms with van der Waals surface area (Å²) in [5.74, 6) is 0.913. The van der Waals surface area contributed by atoms with Crippen molar-refractivity contribution in [1.82, 2.24) is 15.3 Å². The van der Waals surface area contributed by atoms with Crippen molar-refractivity contribution >= 4 is 57.7 Å². The van der Waals surface area contributed by atoms with E-state index in [-0.39, 0.29) is 23.9 Å². The van der Waals surface area contributed by atoms with Crippen LogP contribution in [0, 0.1) is 0 Å². The highest BCUT2D eigenvalue weighted by atomic mass is 35.5. The molecule has 1 aromatic heterocycles. The zero-order valence-electron chi connectivity index (χ0n) is 17.8. The van der Waals surface area contributed by atoms with E-state index in [0.29, 0.717) is 16.6 Å². The van der Waals surface area contributed by atoms with Crippen LogP contribution in [0.25, 0.3) is 11.0 Å². The lowest BCUT2D eigenvalue weighted by molar-refractivity contribution is -0.118. The van der Waals surface area contributed by atoms with E-state index in [1.54, 1.807) is 12.1 Å². The monoisotopic (exact) mass is 490 g/mol. The van der Waals surface area contributed by atoms with E-state index in [2.05, 4.69) is 24.1 Å². The third kappa shape index (κ3) is 5.64. The highest BCUT2D eigenvalue weighted by Gasteiger charge is 2.26. The van der Waals surface area contributed by atoms with Gasteiger partial charge in [-0.2, -0.15) is 0 Å². The maximum atomic E-state index is 12.5. The number of hydrogen-bond acceptors (Lipinski definition) is 6. The fraction of sp³-hybridized carbons (Fsp3) is 0.348. The van der Waals surface area contributed by atoms with Crippen LogP contribution in [0.15, 0.2) is 47.5 Å². The molecule has 1 aliphatic rings. The Morgan fingerprint density at radius 3 is 2.50 bits per heavy atom. The van der Waals surface area contributed by atoms with Crippen molar-refractivity contribution in [2.75, 3.05) is 23.7 Å². The van der Waals surface area contributed by atoms with Gasteiger partial charge in [-0.25, -0.2) is 9.97 Å². The normalized spacial score (nSPS) is 18.7. The second kappa shape index (κ2) is 10.3. The Hall–Kier alpha value is -2.06. The first kappa shape index (κ1) is 23.1. The number of halogens is 2. The maximum absolute atomic E-state index is 12.5. The van der Waals surface area contributed by atoms with Crippen LogP contribution >= 0.6 is 35.0 Å². The lowest BCUT2D eigenvalue weighted by Gasteiger charge is -2.36. The molecule has 32 heavy (non-hydrogen) atoms. The summed E-state index contributed by atoms with van der Waals surface area (Å²) in [7, 11) is 0. The Bertz CT molecular complexity index is 1120. The first-order valence-electron chi connectivity index (χ1n) is 10.4. The van der Waals surface area contributed by atoms with Gasteiger partial charge in [-0.1, -0.05) is 53.2 Å². The first-order chi connectivity index (χ1) is 15.4. The molecular weight excluding hydrogens is 467 g/mol. The molecule has 0 radical (unpaired) electrons. The maximum Gasteiger partial charge on any atom is 0.230 e. The summed E-state index contributed by atoms with van der Waals surface area (Å²) in [5, 5.41) is 4.75. The van der Waals surface area contributed by atoms with Crippen LogP contribution in [0.1, 0.15) is 19.4 Å². The molecule has 3 aromatic rings. The third-order valence-corrected chi connectivity index (χ3v) is 6.61. The second-order valence-corrected chi connectivity index (χ2v) is 9.61. The SMILES string of the molecule is CC1CN(c2nc3ccccc3nc2SCC(=O)NCc2ccc(Cl)cc2Cl)CC(C)O1. The summed E-state index contributed by atoms with van der Waals surface area (Å²) in [6.45, 7) is 5.90. The number of rotatable bonds is 6. The highest BCUT2D eigenvalue weighted by molar-refractivity contribution is 8.00. The van der Waals surface area contributed by atoms with Crippen LogP contribution < -0.4 is 10.2 Å². The van der Waals surface area contributed by atoms with Crippen LogP contribution in [0.5, 0.6) is 0 Å². The van der Waals surface area contributed by atoms with Crippen LogP contribution in [-0.2, 0) is 16.1 Å². The Kier molecular flexibility index (Phi) is 7.40. The van der Waals surface area contributed by atoms with Gasteiger partial charge in [0.05, 0.1) is 29.0 Å². The van der Waals surface area contributed by atoms with Crippen molar-refractivity contribution in [3.05, 3.63) is 58.1 Å². The molecular formula is C23H24Cl2N4O2S. The Balaban J connectivity index is 1.49. The number of morpholine rings is 1. The summed E-state index contributed by atoms with van der Waals surface area (Å²) in [6.07, 6.45) is 0.189. The molecule has 1 amide bonds. The highest BCUT2D eigenvalue weighted by Crippen LogP contribution is 2.31. The van der Waals surface area contributed by atoms with E-state index in [0.717, 1.165) is 40.5 Å². The quantitative estimate of drug-likeness (QED) is 0.492. The van der Waals surface area contributed by atoms with Gasteiger partial charge in [0.15, 0.2) is 5.82 Å². The summed E-state index contributed by atoms with van der Waals surface area (Å²) in [6, 6.07) is 13.0. The number of ether oxygens (including phenoxy) is 1. The van der Waals surface area contributed by atoms with E-state index in [1.807, 2.05) is 30.3 Å². The molecule has 1 fully saturated rings. The average molecular weight is 491 g/mol.